The van der Waals surface area contributed by atoms with Gasteiger partial charge in [-0.15, -0.1) is 0 Å². The smallest absolute Gasteiger partial charge is 0.277 e. The Morgan fingerprint density at radius 2 is 2.00 bits per heavy atom. The quantitative estimate of drug-likeness (QED) is 0.623. The molecular weight excluding hydrogens is 254 g/mol. The predicted molar refractivity (Wildman–Crippen MR) is 70.1 cm³/mol. The lowest BCUT2D eigenvalue weighted by molar-refractivity contribution is -0.384. The molecule has 0 heterocycles. The molecular formula is C13H10ClNO3. The van der Waals surface area contributed by atoms with Gasteiger partial charge in [-0.25, -0.2) is 0 Å². The second kappa shape index (κ2) is 5.06. The molecule has 2 rings (SSSR count). The molecule has 0 aliphatic heterocycles. The van der Waals surface area contributed by atoms with Crippen LogP contribution in [0.1, 0.15) is 0 Å². The van der Waals surface area contributed by atoms with E-state index in [1.165, 1.54) is 12.1 Å². The van der Waals surface area contributed by atoms with Crippen molar-refractivity contribution in [2.75, 3.05) is 7.11 Å². The van der Waals surface area contributed by atoms with Gasteiger partial charge in [0.1, 0.15) is 5.75 Å². The highest BCUT2D eigenvalue weighted by Gasteiger charge is 2.15. The van der Waals surface area contributed by atoms with Crippen molar-refractivity contribution in [1.29, 1.82) is 0 Å². The van der Waals surface area contributed by atoms with Crippen LogP contribution in [0.2, 0.25) is 5.02 Å². The number of methoxy groups -OCH3 is 1. The Kier molecular flexibility index (Phi) is 3.48. The van der Waals surface area contributed by atoms with E-state index in [1.807, 2.05) is 0 Å². The minimum atomic E-state index is -0.425. The van der Waals surface area contributed by atoms with Crippen LogP contribution < -0.4 is 4.74 Å². The van der Waals surface area contributed by atoms with Crippen LogP contribution in [0.4, 0.5) is 5.69 Å². The van der Waals surface area contributed by atoms with Crippen molar-refractivity contribution in [2.24, 2.45) is 0 Å². The molecule has 92 valence electrons. The van der Waals surface area contributed by atoms with E-state index in [0.29, 0.717) is 21.9 Å². The van der Waals surface area contributed by atoms with Gasteiger partial charge < -0.3 is 4.74 Å². The molecule has 4 nitrogen and oxygen atoms in total. The third-order valence-electron chi connectivity index (χ3n) is 2.54. The second-order valence-electron chi connectivity index (χ2n) is 3.65. The largest absolute Gasteiger partial charge is 0.497 e. The highest BCUT2D eigenvalue weighted by molar-refractivity contribution is 6.31. The number of nitrogens with zero attached hydrogens (tertiary/aromatic N) is 1. The molecule has 0 atom stereocenters. The number of nitro benzene ring substituents is 1. The van der Waals surface area contributed by atoms with Crippen molar-refractivity contribution in [3.05, 3.63) is 57.6 Å². The summed E-state index contributed by atoms with van der Waals surface area (Å²) >= 11 is 5.89. The van der Waals surface area contributed by atoms with Crippen molar-refractivity contribution >= 4 is 17.3 Å². The molecule has 0 N–H and O–H groups in total. The molecule has 0 aliphatic rings. The first-order valence-electron chi connectivity index (χ1n) is 5.20. The van der Waals surface area contributed by atoms with Crippen molar-refractivity contribution in [2.45, 2.75) is 0 Å². The lowest BCUT2D eigenvalue weighted by Gasteiger charge is -2.06. The lowest BCUT2D eigenvalue weighted by atomic mass is 10.0. The Morgan fingerprint density at radius 1 is 1.22 bits per heavy atom. The van der Waals surface area contributed by atoms with Gasteiger partial charge in [0.15, 0.2) is 0 Å². The van der Waals surface area contributed by atoms with Crippen molar-refractivity contribution in [1.82, 2.24) is 0 Å². The average Bonchev–Trinajstić information content (AvgIpc) is 2.38. The number of rotatable bonds is 3. The topological polar surface area (TPSA) is 52.4 Å². The van der Waals surface area contributed by atoms with E-state index >= 15 is 0 Å². The number of benzene rings is 2. The van der Waals surface area contributed by atoms with Crippen LogP contribution in [-0.2, 0) is 0 Å². The van der Waals surface area contributed by atoms with Crippen molar-refractivity contribution < 1.29 is 9.66 Å². The first kappa shape index (κ1) is 12.4. The van der Waals surface area contributed by atoms with Gasteiger partial charge in [-0.05, 0) is 29.8 Å². The fourth-order valence-electron chi connectivity index (χ4n) is 1.69. The molecule has 0 saturated heterocycles. The summed E-state index contributed by atoms with van der Waals surface area (Å²) in [6, 6.07) is 11.5. The first-order valence-corrected chi connectivity index (χ1v) is 5.58. The molecule has 5 heteroatoms. The summed E-state index contributed by atoms with van der Waals surface area (Å²) in [6.07, 6.45) is 0. The maximum Gasteiger partial charge on any atom is 0.277 e. The maximum absolute atomic E-state index is 11.0. The number of halogens is 1. The summed E-state index contributed by atoms with van der Waals surface area (Å²) in [4.78, 5) is 10.6. The van der Waals surface area contributed by atoms with Crippen LogP contribution in [0, 0.1) is 10.1 Å². The summed E-state index contributed by atoms with van der Waals surface area (Å²) in [6.45, 7) is 0. The zero-order chi connectivity index (χ0) is 13.1. The maximum atomic E-state index is 11.0. The van der Waals surface area contributed by atoms with Crippen LogP contribution in [0.5, 0.6) is 5.75 Å². The van der Waals surface area contributed by atoms with Gasteiger partial charge >= 0.3 is 0 Å². The zero-order valence-electron chi connectivity index (χ0n) is 9.59. The third kappa shape index (κ3) is 2.43. The van der Waals surface area contributed by atoms with E-state index < -0.39 is 4.92 Å². The van der Waals surface area contributed by atoms with Crippen LogP contribution in [0.25, 0.3) is 11.1 Å². The number of hydrogen-bond acceptors (Lipinski definition) is 3. The van der Waals surface area contributed by atoms with Gasteiger partial charge in [0, 0.05) is 11.1 Å². The van der Waals surface area contributed by atoms with Crippen LogP contribution >= 0.6 is 11.6 Å². The first-order chi connectivity index (χ1) is 8.61. The van der Waals surface area contributed by atoms with Crippen LogP contribution in [-0.4, -0.2) is 12.0 Å². The summed E-state index contributed by atoms with van der Waals surface area (Å²) in [5.41, 5.74) is 1.20. The van der Waals surface area contributed by atoms with Gasteiger partial charge in [-0.1, -0.05) is 23.7 Å². The van der Waals surface area contributed by atoms with Gasteiger partial charge in [-0.2, -0.15) is 0 Å². The van der Waals surface area contributed by atoms with E-state index in [2.05, 4.69) is 0 Å². The number of nitro groups is 1. The fraction of sp³-hybridized carbons (Fsp3) is 0.0769. The van der Waals surface area contributed by atoms with E-state index in [1.54, 1.807) is 37.4 Å². The SMILES string of the molecule is COc1cccc(-c2cc(Cl)ccc2[N+](=O)[O-])c1. The van der Waals surface area contributed by atoms with E-state index in [0.717, 1.165) is 0 Å². The number of ether oxygens (including phenoxy) is 1. The normalized spacial score (nSPS) is 10.1. The minimum Gasteiger partial charge on any atom is -0.497 e. The van der Waals surface area contributed by atoms with Gasteiger partial charge in [-0.3, -0.25) is 10.1 Å². The molecule has 0 unspecified atom stereocenters. The molecule has 0 amide bonds. The third-order valence-corrected chi connectivity index (χ3v) is 2.77. The Bertz CT molecular complexity index is 599. The molecule has 0 fully saturated rings. The lowest BCUT2D eigenvalue weighted by Crippen LogP contribution is -1.92. The van der Waals surface area contributed by atoms with Gasteiger partial charge in [0.25, 0.3) is 5.69 Å². The van der Waals surface area contributed by atoms with Crippen LogP contribution in [0.15, 0.2) is 42.5 Å². The predicted octanol–water partition coefficient (Wildman–Crippen LogP) is 3.92. The second-order valence-corrected chi connectivity index (χ2v) is 4.09. The van der Waals surface area contributed by atoms with E-state index in [9.17, 15) is 10.1 Å². The van der Waals surface area contributed by atoms with Crippen LogP contribution in [0.3, 0.4) is 0 Å². The van der Waals surface area contributed by atoms with E-state index in [-0.39, 0.29) is 5.69 Å². The van der Waals surface area contributed by atoms with Crippen molar-refractivity contribution in [3.8, 4) is 16.9 Å². The summed E-state index contributed by atoms with van der Waals surface area (Å²) < 4.78 is 5.10. The van der Waals surface area contributed by atoms with Crippen molar-refractivity contribution in [3.63, 3.8) is 0 Å². The molecule has 0 bridgehead atoms. The number of hydrogen-bond donors (Lipinski definition) is 0. The summed E-state index contributed by atoms with van der Waals surface area (Å²) in [5.74, 6) is 0.641. The van der Waals surface area contributed by atoms with Gasteiger partial charge in [0.2, 0.25) is 0 Å². The Balaban J connectivity index is 2.61. The molecule has 18 heavy (non-hydrogen) atoms. The average molecular weight is 264 g/mol. The molecule has 0 aliphatic carbocycles. The monoisotopic (exact) mass is 263 g/mol. The highest BCUT2D eigenvalue weighted by Crippen LogP contribution is 2.33. The Labute approximate surface area is 109 Å². The minimum absolute atomic E-state index is 0.0210. The molecule has 0 saturated carbocycles. The summed E-state index contributed by atoms with van der Waals surface area (Å²) in [5, 5.41) is 11.4. The molecule has 0 spiro atoms. The highest BCUT2D eigenvalue weighted by atomic mass is 35.5. The summed E-state index contributed by atoms with van der Waals surface area (Å²) in [7, 11) is 1.55. The fourth-order valence-corrected chi connectivity index (χ4v) is 1.86. The molecule has 2 aromatic rings. The van der Waals surface area contributed by atoms with Gasteiger partial charge in [0.05, 0.1) is 17.6 Å². The zero-order valence-corrected chi connectivity index (χ0v) is 10.3. The Morgan fingerprint density at radius 3 is 2.67 bits per heavy atom. The molecule has 2 aromatic carbocycles. The standard InChI is InChI=1S/C13H10ClNO3/c1-18-11-4-2-3-9(7-11)12-8-10(14)5-6-13(12)15(16)17/h2-8H,1H3. The Hall–Kier alpha value is -2.07. The molecule has 0 aromatic heterocycles. The molecule has 0 radical (unpaired) electrons. The van der Waals surface area contributed by atoms with E-state index in [4.69, 9.17) is 16.3 Å².